The quantitative estimate of drug-likeness (QED) is 0.639. The van der Waals surface area contributed by atoms with Crippen molar-refractivity contribution < 1.29 is 14.3 Å². The van der Waals surface area contributed by atoms with Crippen LogP contribution in [0, 0.1) is 0 Å². The minimum Gasteiger partial charge on any atom is -0.495 e. The van der Waals surface area contributed by atoms with Crippen LogP contribution in [-0.2, 0) is 16.0 Å². The van der Waals surface area contributed by atoms with Gasteiger partial charge in [0.15, 0.2) is 5.17 Å². The largest absolute Gasteiger partial charge is 0.495 e. The van der Waals surface area contributed by atoms with Crippen LogP contribution in [0.15, 0.2) is 66.2 Å². The highest BCUT2D eigenvalue weighted by molar-refractivity contribution is 8.15. The highest BCUT2D eigenvalue weighted by Crippen LogP contribution is 2.32. The van der Waals surface area contributed by atoms with E-state index >= 15 is 0 Å². The van der Waals surface area contributed by atoms with E-state index in [1.54, 1.807) is 30.2 Å². The predicted octanol–water partition coefficient (Wildman–Crippen LogP) is 4.40. The van der Waals surface area contributed by atoms with Gasteiger partial charge in [-0.15, -0.1) is 6.58 Å². The number of carbonyl (C=O) groups excluding carboxylic acids is 2. The van der Waals surface area contributed by atoms with E-state index in [4.69, 9.17) is 4.74 Å². The second kappa shape index (κ2) is 10.1. The lowest BCUT2D eigenvalue weighted by molar-refractivity contribution is -0.127. The normalized spacial score (nSPS) is 17.3. The summed E-state index contributed by atoms with van der Waals surface area (Å²) >= 11 is 1.31. The van der Waals surface area contributed by atoms with Crippen LogP contribution in [-0.4, -0.2) is 40.8 Å². The molecule has 1 unspecified atom stereocenters. The van der Waals surface area contributed by atoms with Crippen molar-refractivity contribution in [3.8, 4) is 5.75 Å². The molecule has 2 amide bonds. The van der Waals surface area contributed by atoms with E-state index in [1.165, 1.54) is 17.3 Å². The van der Waals surface area contributed by atoms with Gasteiger partial charge in [-0.3, -0.25) is 14.5 Å². The number of nitrogens with one attached hydrogen (secondary N) is 1. The van der Waals surface area contributed by atoms with E-state index in [0.717, 1.165) is 12.1 Å². The van der Waals surface area contributed by atoms with Crippen LogP contribution < -0.4 is 10.1 Å². The molecule has 156 valence electrons. The molecule has 2 aromatic carbocycles. The number of aliphatic imine (C=N–C) groups is 1. The molecule has 1 fully saturated rings. The van der Waals surface area contributed by atoms with Crippen molar-refractivity contribution in [3.05, 3.63) is 66.7 Å². The molecule has 1 atom stereocenters. The summed E-state index contributed by atoms with van der Waals surface area (Å²) in [5.41, 5.74) is 2.58. The van der Waals surface area contributed by atoms with Crippen molar-refractivity contribution in [2.24, 2.45) is 4.99 Å². The number of amidine groups is 1. The molecule has 0 bridgehead atoms. The standard InChI is InChI=1S/C23H25N3O3S/c1-4-14-26-22(28)20(15-21(27)25-18-8-6-7-9-19(18)29-3)30-23(26)24-17-12-10-16(5-2)11-13-17/h4,6-13,20H,1,5,14-15H2,2-3H3,(H,25,27). The molecule has 1 saturated heterocycles. The third-order valence-electron chi connectivity index (χ3n) is 4.65. The zero-order valence-corrected chi connectivity index (χ0v) is 17.9. The zero-order chi connectivity index (χ0) is 21.5. The van der Waals surface area contributed by atoms with E-state index in [1.807, 2.05) is 36.4 Å². The number of methoxy groups -OCH3 is 1. The van der Waals surface area contributed by atoms with E-state index in [0.29, 0.717) is 23.1 Å². The highest BCUT2D eigenvalue weighted by atomic mass is 32.2. The topological polar surface area (TPSA) is 71.0 Å². The number of hydrogen-bond acceptors (Lipinski definition) is 5. The number of ether oxygens (including phenoxy) is 1. The molecule has 1 heterocycles. The van der Waals surface area contributed by atoms with Gasteiger partial charge in [0.2, 0.25) is 11.8 Å². The molecule has 30 heavy (non-hydrogen) atoms. The zero-order valence-electron chi connectivity index (χ0n) is 17.1. The molecule has 0 radical (unpaired) electrons. The Bertz CT molecular complexity index is 956. The van der Waals surface area contributed by atoms with Crippen molar-refractivity contribution in [2.75, 3.05) is 19.0 Å². The summed E-state index contributed by atoms with van der Waals surface area (Å²) in [4.78, 5) is 31.7. The summed E-state index contributed by atoms with van der Waals surface area (Å²) in [6, 6.07) is 15.1. The number of amides is 2. The van der Waals surface area contributed by atoms with Crippen LogP contribution in [0.2, 0.25) is 0 Å². The third kappa shape index (κ3) is 5.10. The molecule has 3 rings (SSSR count). The Labute approximate surface area is 181 Å². The number of rotatable bonds is 8. The average molecular weight is 424 g/mol. The molecule has 0 aromatic heterocycles. The molecule has 0 spiro atoms. The Morgan fingerprint density at radius 3 is 2.67 bits per heavy atom. The number of thioether (sulfide) groups is 1. The molecule has 1 aliphatic heterocycles. The van der Waals surface area contributed by atoms with Crippen molar-refractivity contribution in [2.45, 2.75) is 25.0 Å². The predicted molar refractivity (Wildman–Crippen MR) is 122 cm³/mol. The molecular weight excluding hydrogens is 398 g/mol. The first kappa shape index (κ1) is 21.6. The first-order valence-corrected chi connectivity index (χ1v) is 10.6. The first-order valence-electron chi connectivity index (χ1n) is 9.75. The number of aryl methyl sites for hydroxylation is 1. The third-order valence-corrected chi connectivity index (χ3v) is 5.83. The van der Waals surface area contributed by atoms with Gasteiger partial charge in [0, 0.05) is 13.0 Å². The lowest BCUT2D eigenvalue weighted by atomic mass is 10.2. The monoisotopic (exact) mass is 423 g/mol. The van der Waals surface area contributed by atoms with E-state index in [-0.39, 0.29) is 18.2 Å². The van der Waals surface area contributed by atoms with Crippen LogP contribution in [0.3, 0.4) is 0 Å². The fourth-order valence-corrected chi connectivity index (χ4v) is 4.22. The van der Waals surface area contributed by atoms with Crippen molar-refractivity contribution in [1.29, 1.82) is 0 Å². The summed E-state index contributed by atoms with van der Waals surface area (Å²) in [5, 5.41) is 2.87. The number of para-hydroxylation sites is 2. The second-order valence-corrected chi connectivity index (χ2v) is 7.88. The fraction of sp³-hybridized carbons (Fsp3) is 0.261. The Hall–Kier alpha value is -3.06. The Morgan fingerprint density at radius 1 is 1.27 bits per heavy atom. The van der Waals surface area contributed by atoms with Crippen LogP contribution >= 0.6 is 11.8 Å². The summed E-state index contributed by atoms with van der Waals surface area (Å²) in [7, 11) is 1.55. The second-order valence-electron chi connectivity index (χ2n) is 6.71. The van der Waals surface area contributed by atoms with E-state index in [9.17, 15) is 9.59 Å². The first-order chi connectivity index (χ1) is 14.5. The van der Waals surface area contributed by atoms with Crippen molar-refractivity contribution >= 4 is 40.1 Å². The molecular formula is C23H25N3O3S. The molecule has 1 aliphatic rings. The van der Waals surface area contributed by atoms with Crippen molar-refractivity contribution in [3.63, 3.8) is 0 Å². The number of benzene rings is 2. The van der Waals surface area contributed by atoms with Gasteiger partial charge in [-0.25, -0.2) is 4.99 Å². The Kier molecular flexibility index (Phi) is 7.30. The Morgan fingerprint density at radius 2 is 2.00 bits per heavy atom. The lowest BCUT2D eigenvalue weighted by Crippen LogP contribution is -2.33. The highest BCUT2D eigenvalue weighted by Gasteiger charge is 2.38. The number of hydrogen-bond donors (Lipinski definition) is 1. The lowest BCUT2D eigenvalue weighted by Gasteiger charge is -2.14. The average Bonchev–Trinajstić information content (AvgIpc) is 3.03. The van der Waals surface area contributed by atoms with Gasteiger partial charge in [-0.1, -0.05) is 49.0 Å². The van der Waals surface area contributed by atoms with Gasteiger partial charge >= 0.3 is 0 Å². The van der Waals surface area contributed by atoms with Gasteiger partial charge in [0.05, 0.1) is 18.5 Å². The molecule has 1 N–H and O–H groups in total. The molecule has 0 saturated carbocycles. The van der Waals surface area contributed by atoms with Gasteiger partial charge in [-0.05, 0) is 36.2 Å². The van der Waals surface area contributed by atoms with Gasteiger partial charge in [0.25, 0.3) is 0 Å². The minimum absolute atomic E-state index is 0.0446. The van der Waals surface area contributed by atoms with Gasteiger partial charge < -0.3 is 10.1 Å². The van der Waals surface area contributed by atoms with Crippen LogP contribution in [0.25, 0.3) is 0 Å². The van der Waals surface area contributed by atoms with Gasteiger partial charge in [-0.2, -0.15) is 0 Å². The van der Waals surface area contributed by atoms with Crippen LogP contribution in [0.1, 0.15) is 18.9 Å². The van der Waals surface area contributed by atoms with E-state index < -0.39 is 5.25 Å². The molecule has 0 aliphatic carbocycles. The fourth-order valence-electron chi connectivity index (χ4n) is 3.06. The smallest absolute Gasteiger partial charge is 0.242 e. The number of carbonyl (C=O) groups is 2. The SMILES string of the molecule is C=CCN1C(=O)C(CC(=O)Nc2ccccc2OC)SC1=Nc1ccc(CC)cc1. The molecule has 7 heteroatoms. The van der Waals surface area contributed by atoms with E-state index in [2.05, 4.69) is 23.8 Å². The minimum atomic E-state index is -0.534. The van der Waals surface area contributed by atoms with Crippen molar-refractivity contribution in [1.82, 2.24) is 4.90 Å². The van der Waals surface area contributed by atoms with Gasteiger partial charge in [0.1, 0.15) is 11.0 Å². The molecule has 6 nitrogen and oxygen atoms in total. The summed E-state index contributed by atoms with van der Waals surface area (Å²) in [5.74, 6) is 0.179. The number of nitrogens with zero attached hydrogens (tertiary/aromatic N) is 2. The maximum absolute atomic E-state index is 12.9. The maximum atomic E-state index is 12.9. The Balaban J connectivity index is 1.74. The maximum Gasteiger partial charge on any atom is 0.242 e. The summed E-state index contributed by atoms with van der Waals surface area (Å²) in [6.45, 7) is 6.18. The molecule has 2 aromatic rings. The summed E-state index contributed by atoms with van der Waals surface area (Å²) in [6.07, 6.45) is 2.66. The number of anilines is 1. The van der Waals surface area contributed by atoms with Crippen LogP contribution in [0.5, 0.6) is 5.75 Å². The van der Waals surface area contributed by atoms with Crippen LogP contribution in [0.4, 0.5) is 11.4 Å². The summed E-state index contributed by atoms with van der Waals surface area (Å²) < 4.78 is 5.26.